The lowest BCUT2D eigenvalue weighted by Crippen LogP contribution is -2.24. The summed E-state index contributed by atoms with van der Waals surface area (Å²) in [6, 6.07) is 15.0. The fraction of sp³-hybridized carbons (Fsp3) is 0.188. The molecule has 0 saturated carbocycles. The molecule has 5 heteroatoms. The van der Waals surface area contributed by atoms with Gasteiger partial charge < -0.3 is 5.32 Å². The minimum atomic E-state index is -0.0401. The first-order valence-electron chi connectivity index (χ1n) is 6.96. The largest absolute Gasteiger partial charge is 0.352 e. The number of carbonyl (C=O) groups is 1. The molecule has 2 heterocycles. The fourth-order valence-corrected chi connectivity index (χ4v) is 2.20. The van der Waals surface area contributed by atoms with Crippen LogP contribution in [0.1, 0.15) is 22.6 Å². The highest BCUT2D eigenvalue weighted by molar-refractivity contribution is 5.94. The Balaban J connectivity index is 1.52. The molecule has 0 saturated heterocycles. The minimum absolute atomic E-state index is 0.0401. The Morgan fingerprint density at radius 3 is 2.71 bits per heavy atom. The Morgan fingerprint density at radius 1 is 1.05 bits per heavy atom. The molecule has 0 unspecified atom stereocenters. The summed E-state index contributed by atoms with van der Waals surface area (Å²) in [5.41, 5.74) is 1.53. The van der Waals surface area contributed by atoms with Crippen molar-refractivity contribution in [2.45, 2.75) is 12.8 Å². The van der Waals surface area contributed by atoms with Crippen LogP contribution in [0, 0.1) is 0 Å². The third-order valence-electron chi connectivity index (χ3n) is 3.28. The predicted octanol–water partition coefficient (Wildman–Crippen LogP) is 2.09. The molecule has 0 radical (unpaired) electrons. The van der Waals surface area contributed by atoms with E-state index < -0.39 is 0 Å². The summed E-state index contributed by atoms with van der Waals surface area (Å²) in [5.74, 6) is 0.876. The molecule has 2 aromatic heterocycles. The van der Waals surface area contributed by atoms with E-state index in [2.05, 4.69) is 15.5 Å². The zero-order valence-corrected chi connectivity index (χ0v) is 11.6. The quantitative estimate of drug-likeness (QED) is 0.728. The van der Waals surface area contributed by atoms with Gasteiger partial charge in [-0.1, -0.05) is 24.3 Å². The molecule has 0 fully saturated rings. The van der Waals surface area contributed by atoms with Gasteiger partial charge in [0.15, 0.2) is 5.65 Å². The maximum Gasteiger partial charge on any atom is 0.251 e. The van der Waals surface area contributed by atoms with Crippen molar-refractivity contribution >= 4 is 11.6 Å². The van der Waals surface area contributed by atoms with E-state index in [-0.39, 0.29) is 5.91 Å². The normalized spacial score (nSPS) is 10.7. The van der Waals surface area contributed by atoms with Gasteiger partial charge in [0, 0.05) is 24.7 Å². The van der Waals surface area contributed by atoms with Crippen LogP contribution in [-0.2, 0) is 6.42 Å². The Kier molecular flexibility index (Phi) is 3.91. The van der Waals surface area contributed by atoms with Crippen LogP contribution in [0.15, 0.2) is 54.7 Å². The van der Waals surface area contributed by atoms with E-state index in [4.69, 9.17) is 0 Å². The van der Waals surface area contributed by atoms with Gasteiger partial charge in [-0.15, -0.1) is 10.2 Å². The third kappa shape index (κ3) is 3.08. The van der Waals surface area contributed by atoms with E-state index in [9.17, 15) is 4.79 Å². The maximum absolute atomic E-state index is 11.9. The Morgan fingerprint density at radius 2 is 1.86 bits per heavy atom. The van der Waals surface area contributed by atoms with Gasteiger partial charge in [-0.25, -0.2) is 0 Å². The molecule has 0 atom stereocenters. The molecule has 0 aliphatic heterocycles. The van der Waals surface area contributed by atoms with Crippen molar-refractivity contribution in [1.29, 1.82) is 0 Å². The van der Waals surface area contributed by atoms with Crippen LogP contribution < -0.4 is 5.32 Å². The second kappa shape index (κ2) is 6.17. The molecule has 1 amide bonds. The maximum atomic E-state index is 11.9. The van der Waals surface area contributed by atoms with Crippen molar-refractivity contribution in [2.75, 3.05) is 6.54 Å². The summed E-state index contributed by atoms with van der Waals surface area (Å²) in [6.07, 6.45) is 3.56. The van der Waals surface area contributed by atoms with E-state index >= 15 is 0 Å². The highest BCUT2D eigenvalue weighted by Crippen LogP contribution is 2.05. The van der Waals surface area contributed by atoms with Gasteiger partial charge in [0.1, 0.15) is 5.82 Å². The van der Waals surface area contributed by atoms with Crippen LogP contribution >= 0.6 is 0 Å². The zero-order chi connectivity index (χ0) is 14.5. The average molecular weight is 280 g/mol. The molecule has 0 bridgehead atoms. The molecule has 1 N–H and O–H groups in total. The van der Waals surface area contributed by atoms with Crippen molar-refractivity contribution in [2.24, 2.45) is 0 Å². The molecule has 3 aromatic rings. The van der Waals surface area contributed by atoms with Crippen molar-refractivity contribution in [3.63, 3.8) is 0 Å². The summed E-state index contributed by atoms with van der Waals surface area (Å²) >= 11 is 0. The van der Waals surface area contributed by atoms with E-state index in [1.807, 2.05) is 47.0 Å². The number of rotatable bonds is 5. The van der Waals surface area contributed by atoms with Crippen molar-refractivity contribution in [3.8, 4) is 0 Å². The number of aromatic nitrogens is 3. The molecular weight excluding hydrogens is 264 g/mol. The zero-order valence-electron chi connectivity index (χ0n) is 11.6. The lowest BCUT2D eigenvalue weighted by molar-refractivity contribution is 0.0953. The number of amides is 1. The Bertz CT molecular complexity index is 736. The first-order chi connectivity index (χ1) is 10.3. The van der Waals surface area contributed by atoms with Crippen LogP contribution in [0.4, 0.5) is 0 Å². The van der Waals surface area contributed by atoms with Gasteiger partial charge in [-0.2, -0.15) is 0 Å². The van der Waals surface area contributed by atoms with E-state index in [1.165, 1.54) is 0 Å². The van der Waals surface area contributed by atoms with Crippen molar-refractivity contribution < 1.29 is 4.79 Å². The number of hydrogen-bond donors (Lipinski definition) is 1. The van der Waals surface area contributed by atoms with Gasteiger partial charge in [-0.05, 0) is 30.7 Å². The average Bonchev–Trinajstić information content (AvgIpc) is 2.95. The number of hydrogen-bond acceptors (Lipinski definition) is 3. The number of benzene rings is 1. The Hall–Kier alpha value is -2.69. The van der Waals surface area contributed by atoms with Gasteiger partial charge in [-0.3, -0.25) is 9.20 Å². The molecule has 0 aliphatic carbocycles. The summed E-state index contributed by atoms with van der Waals surface area (Å²) in [5, 5.41) is 11.2. The summed E-state index contributed by atoms with van der Waals surface area (Å²) in [4.78, 5) is 11.9. The number of nitrogens with zero attached hydrogens (tertiary/aromatic N) is 3. The summed E-state index contributed by atoms with van der Waals surface area (Å²) in [7, 11) is 0. The molecule has 3 rings (SSSR count). The van der Waals surface area contributed by atoms with E-state index in [0.717, 1.165) is 24.3 Å². The van der Waals surface area contributed by atoms with Crippen LogP contribution in [0.2, 0.25) is 0 Å². The Labute approximate surface area is 122 Å². The molecule has 0 aliphatic rings. The van der Waals surface area contributed by atoms with E-state index in [1.54, 1.807) is 12.1 Å². The SMILES string of the molecule is O=C(NCCCc1nnc2ccccn12)c1ccccc1. The van der Waals surface area contributed by atoms with Crippen molar-refractivity contribution in [3.05, 3.63) is 66.1 Å². The van der Waals surface area contributed by atoms with Gasteiger partial charge >= 0.3 is 0 Å². The summed E-state index contributed by atoms with van der Waals surface area (Å²) < 4.78 is 1.97. The highest BCUT2D eigenvalue weighted by atomic mass is 16.1. The van der Waals surface area contributed by atoms with E-state index in [0.29, 0.717) is 12.1 Å². The lowest BCUT2D eigenvalue weighted by atomic mass is 10.2. The van der Waals surface area contributed by atoms with Crippen LogP contribution in [-0.4, -0.2) is 27.0 Å². The topological polar surface area (TPSA) is 59.3 Å². The fourth-order valence-electron chi connectivity index (χ4n) is 2.20. The van der Waals surface area contributed by atoms with Crippen LogP contribution in [0.25, 0.3) is 5.65 Å². The molecular formula is C16H16N4O. The van der Waals surface area contributed by atoms with Crippen LogP contribution in [0.3, 0.4) is 0 Å². The number of pyridine rings is 1. The first-order valence-corrected chi connectivity index (χ1v) is 6.96. The van der Waals surface area contributed by atoms with Gasteiger partial charge in [0.25, 0.3) is 5.91 Å². The molecule has 21 heavy (non-hydrogen) atoms. The molecule has 1 aromatic carbocycles. The summed E-state index contributed by atoms with van der Waals surface area (Å²) in [6.45, 7) is 0.621. The molecule has 0 spiro atoms. The lowest BCUT2D eigenvalue weighted by Gasteiger charge is -2.04. The predicted molar refractivity (Wildman–Crippen MR) is 80.1 cm³/mol. The first kappa shape index (κ1) is 13.3. The minimum Gasteiger partial charge on any atom is -0.352 e. The number of aryl methyl sites for hydroxylation is 1. The third-order valence-corrected chi connectivity index (χ3v) is 3.28. The second-order valence-corrected chi connectivity index (χ2v) is 4.77. The van der Waals surface area contributed by atoms with Crippen molar-refractivity contribution in [1.82, 2.24) is 19.9 Å². The number of carbonyl (C=O) groups excluding carboxylic acids is 1. The number of fused-ring (bicyclic) bond motifs is 1. The standard InChI is InChI=1S/C16H16N4O/c21-16(13-7-2-1-3-8-13)17-11-6-10-15-19-18-14-9-4-5-12-20(14)15/h1-5,7-9,12H,6,10-11H2,(H,17,21). The number of nitrogens with one attached hydrogen (secondary N) is 1. The highest BCUT2D eigenvalue weighted by Gasteiger charge is 2.06. The monoisotopic (exact) mass is 280 g/mol. The smallest absolute Gasteiger partial charge is 0.251 e. The molecule has 106 valence electrons. The van der Waals surface area contributed by atoms with Crippen LogP contribution in [0.5, 0.6) is 0 Å². The van der Waals surface area contributed by atoms with Gasteiger partial charge in [0.05, 0.1) is 0 Å². The second-order valence-electron chi connectivity index (χ2n) is 4.77. The molecule has 5 nitrogen and oxygen atoms in total. The van der Waals surface area contributed by atoms with Gasteiger partial charge in [0.2, 0.25) is 0 Å².